The minimum Gasteiger partial charge on any atom is -0.379 e. The predicted molar refractivity (Wildman–Crippen MR) is 90.3 cm³/mol. The Morgan fingerprint density at radius 2 is 2.09 bits per heavy atom. The zero-order valence-corrected chi connectivity index (χ0v) is 14.6. The van der Waals surface area contributed by atoms with Crippen LogP contribution in [0.15, 0.2) is 22.7 Å². The van der Waals surface area contributed by atoms with Crippen LogP contribution in [0.4, 0.5) is 5.69 Å². The van der Waals surface area contributed by atoms with Crippen molar-refractivity contribution in [1.82, 2.24) is 10.2 Å². The van der Waals surface area contributed by atoms with Gasteiger partial charge in [0.05, 0.1) is 13.2 Å². The summed E-state index contributed by atoms with van der Waals surface area (Å²) < 4.78 is 6.25. The molecule has 1 saturated heterocycles. The number of amides is 2. The molecule has 2 heterocycles. The number of fused-ring (bicyclic) bond motifs is 1. The Hall–Kier alpha value is -1.44. The highest BCUT2D eigenvalue weighted by Gasteiger charge is 2.37. The van der Waals surface area contributed by atoms with Gasteiger partial charge in [0.1, 0.15) is 6.04 Å². The van der Waals surface area contributed by atoms with Crippen molar-refractivity contribution in [3.8, 4) is 0 Å². The van der Waals surface area contributed by atoms with Crippen LogP contribution in [0, 0.1) is 0 Å². The van der Waals surface area contributed by atoms with E-state index in [1.54, 1.807) is 4.90 Å². The molecule has 1 fully saturated rings. The average molecular weight is 382 g/mol. The van der Waals surface area contributed by atoms with Gasteiger partial charge in [-0.3, -0.25) is 14.5 Å². The van der Waals surface area contributed by atoms with E-state index in [1.807, 2.05) is 18.2 Å². The molecule has 0 unspecified atom stereocenters. The van der Waals surface area contributed by atoms with E-state index in [9.17, 15) is 9.59 Å². The van der Waals surface area contributed by atoms with Crippen molar-refractivity contribution >= 4 is 33.4 Å². The van der Waals surface area contributed by atoms with Gasteiger partial charge in [-0.2, -0.15) is 0 Å². The first-order valence-corrected chi connectivity index (χ1v) is 8.53. The molecule has 2 amide bonds. The van der Waals surface area contributed by atoms with Crippen LogP contribution in [0.1, 0.15) is 18.5 Å². The molecule has 1 aromatic carbocycles. The van der Waals surface area contributed by atoms with Crippen molar-refractivity contribution in [2.24, 2.45) is 0 Å². The highest BCUT2D eigenvalue weighted by molar-refractivity contribution is 9.10. The SMILES string of the molecule is CC(=O)N[C@H]1C(=O)N(CCN2CCOCC2)c2ccc(Br)cc21. The van der Waals surface area contributed by atoms with Crippen LogP contribution in [-0.4, -0.2) is 56.1 Å². The lowest BCUT2D eigenvalue weighted by Gasteiger charge is -2.28. The number of nitrogens with one attached hydrogen (secondary N) is 1. The second kappa shape index (κ2) is 6.98. The Morgan fingerprint density at radius 1 is 1.35 bits per heavy atom. The van der Waals surface area contributed by atoms with E-state index in [-0.39, 0.29) is 11.8 Å². The van der Waals surface area contributed by atoms with E-state index in [1.165, 1.54) is 6.92 Å². The molecule has 0 radical (unpaired) electrons. The van der Waals surface area contributed by atoms with Gasteiger partial charge in [0.25, 0.3) is 5.91 Å². The largest absolute Gasteiger partial charge is 0.379 e. The third-order valence-electron chi connectivity index (χ3n) is 4.20. The molecule has 1 N–H and O–H groups in total. The zero-order valence-electron chi connectivity index (χ0n) is 13.0. The maximum absolute atomic E-state index is 12.7. The maximum atomic E-state index is 12.7. The number of ether oxygens (including phenoxy) is 1. The summed E-state index contributed by atoms with van der Waals surface area (Å²) in [7, 11) is 0. The summed E-state index contributed by atoms with van der Waals surface area (Å²) in [5, 5.41) is 2.76. The Balaban J connectivity index is 1.77. The number of benzene rings is 1. The molecule has 2 aliphatic heterocycles. The first kappa shape index (κ1) is 16.4. The van der Waals surface area contributed by atoms with Gasteiger partial charge in [0.15, 0.2) is 0 Å². The Kier molecular flexibility index (Phi) is 4.99. The Bertz CT molecular complexity index is 617. The van der Waals surface area contributed by atoms with Gasteiger partial charge in [-0.25, -0.2) is 0 Å². The van der Waals surface area contributed by atoms with Crippen LogP contribution in [0.3, 0.4) is 0 Å². The molecule has 1 aromatic rings. The van der Waals surface area contributed by atoms with Crippen LogP contribution in [0.5, 0.6) is 0 Å². The molecule has 6 nitrogen and oxygen atoms in total. The third kappa shape index (κ3) is 3.57. The summed E-state index contributed by atoms with van der Waals surface area (Å²) in [5.74, 6) is -0.272. The lowest BCUT2D eigenvalue weighted by molar-refractivity contribution is -0.126. The summed E-state index contributed by atoms with van der Waals surface area (Å²) >= 11 is 3.44. The molecule has 1 atom stereocenters. The number of anilines is 1. The second-order valence-corrected chi connectivity index (χ2v) is 6.70. The number of rotatable bonds is 4. The first-order valence-electron chi connectivity index (χ1n) is 7.74. The Labute approximate surface area is 143 Å². The first-order chi connectivity index (χ1) is 11.1. The van der Waals surface area contributed by atoms with E-state index in [4.69, 9.17) is 4.74 Å². The molecule has 124 valence electrons. The van der Waals surface area contributed by atoms with E-state index >= 15 is 0 Å². The number of carbonyl (C=O) groups excluding carboxylic acids is 2. The van der Waals surface area contributed by atoms with E-state index < -0.39 is 6.04 Å². The summed E-state index contributed by atoms with van der Waals surface area (Å²) in [5.41, 5.74) is 1.73. The van der Waals surface area contributed by atoms with Gasteiger partial charge >= 0.3 is 0 Å². The minimum atomic E-state index is -0.593. The lowest BCUT2D eigenvalue weighted by Crippen LogP contribution is -2.43. The van der Waals surface area contributed by atoms with E-state index in [0.29, 0.717) is 6.54 Å². The summed E-state index contributed by atoms with van der Waals surface area (Å²) in [6.07, 6.45) is 0. The second-order valence-electron chi connectivity index (χ2n) is 5.78. The molecular weight excluding hydrogens is 362 g/mol. The average Bonchev–Trinajstić information content (AvgIpc) is 2.78. The van der Waals surface area contributed by atoms with Gasteiger partial charge < -0.3 is 15.0 Å². The number of halogens is 1. The van der Waals surface area contributed by atoms with Gasteiger partial charge in [-0.15, -0.1) is 0 Å². The highest BCUT2D eigenvalue weighted by atomic mass is 79.9. The molecule has 0 aliphatic carbocycles. The number of hydrogen-bond donors (Lipinski definition) is 1. The van der Waals surface area contributed by atoms with Crippen LogP contribution < -0.4 is 10.2 Å². The monoisotopic (exact) mass is 381 g/mol. The van der Waals surface area contributed by atoms with Crippen molar-refractivity contribution in [2.45, 2.75) is 13.0 Å². The van der Waals surface area contributed by atoms with Gasteiger partial charge in [0.2, 0.25) is 5.91 Å². The topological polar surface area (TPSA) is 61.9 Å². The van der Waals surface area contributed by atoms with E-state index in [2.05, 4.69) is 26.1 Å². The molecule has 0 saturated carbocycles. The number of morpholine rings is 1. The summed E-state index contributed by atoms with van der Waals surface area (Å²) in [4.78, 5) is 28.2. The van der Waals surface area contributed by atoms with Crippen molar-refractivity contribution in [2.75, 3.05) is 44.3 Å². The van der Waals surface area contributed by atoms with Crippen LogP contribution in [0.25, 0.3) is 0 Å². The van der Waals surface area contributed by atoms with Gasteiger partial charge in [0, 0.05) is 48.8 Å². The van der Waals surface area contributed by atoms with E-state index in [0.717, 1.165) is 48.6 Å². The summed E-state index contributed by atoms with van der Waals surface area (Å²) in [6.45, 7) is 6.12. The molecule has 2 aliphatic rings. The zero-order chi connectivity index (χ0) is 16.4. The molecule has 0 bridgehead atoms. The molecule has 3 rings (SSSR count). The maximum Gasteiger partial charge on any atom is 0.254 e. The molecule has 7 heteroatoms. The van der Waals surface area contributed by atoms with Crippen LogP contribution >= 0.6 is 15.9 Å². The fourth-order valence-electron chi connectivity index (χ4n) is 3.05. The van der Waals surface area contributed by atoms with Crippen molar-refractivity contribution in [3.63, 3.8) is 0 Å². The normalized spacial score (nSPS) is 21.4. The molecule has 23 heavy (non-hydrogen) atoms. The van der Waals surface area contributed by atoms with Crippen LogP contribution in [0.2, 0.25) is 0 Å². The number of nitrogens with zero attached hydrogens (tertiary/aromatic N) is 2. The third-order valence-corrected chi connectivity index (χ3v) is 4.69. The summed E-state index contributed by atoms with van der Waals surface area (Å²) in [6, 6.07) is 5.16. The quantitative estimate of drug-likeness (QED) is 0.853. The van der Waals surface area contributed by atoms with Crippen molar-refractivity contribution < 1.29 is 14.3 Å². The minimum absolute atomic E-state index is 0.0680. The Morgan fingerprint density at radius 3 is 2.78 bits per heavy atom. The van der Waals surface area contributed by atoms with Crippen molar-refractivity contribution in [1.29, 1.82) is 0 Å². The highest BCUT2D eigenvalue weighted by Crippen LogP contribution is 2.37. The van der Waals surface area contributed by atoms with Gasteiger partial charge in [-0.1, -0.05) is 15.9 Å². The molecule has 0 spiro atoms. The lowest BCUT2D eigenvalue weighted by atomic mass is 10.1. The fourth-order valence-corrected chi connectivity index (χ4v) is 3.43. The molecular formula is C16H20BrN3O3. The number of hydrogen-bond acceptors (Lipinski definition) is 4. The molecule has 0 aromatic heterocycles. The standard InChI is InChI=1S/C16H20BrN3O3/c1-11(21)18-15-13-10-12(17)2-3-14(13)20(16(15)22)5-4-19-6-8-23-9-7-19/h2-3,10,15H,4-9H2,1H3,(H,18,21)/t15-/m1/s1. The predicted octanol–water partition coefficient (Wildman–Crippen LogP) is 1.31. The fraction of sp³-hybridized carbons (Fsp3) is 0.500. The van der Waals surface area contributed by atoms with Crippen LogP contribution in [-0.2, 0) is 14.3 Å². The number of carbonyl (C=O) groups is 2. The van der Waals surface area contributed by atoms with Gasteiger partial charge in [-0.05, 0) is 18.2 Å². The smallest absolute Gasteiger partial charge is 0.254 e. The van der Waals surface area contributed by atoms with Crippen molar-refractivity contribution in [3.05, 3.63) is 28.2 Å².